The summed E-state index contributed by atoms with van der Waals surface area (Å²) in [5.41, 5.74) is 2.85. The quantitative estimate of drug-likeness (QED) is 0.603. The van der Waals surface area contributed by atoms with Gasteiger partial charge < -0.3 is 15.1 Å². The zero-order valence-electron chi connectivity index (χ0n) is 20.7. The average Bonchev–Trinajstić information content (AvgIpc) is 3.19. The first-order chi connectivity index (χ1) is 17.5. The largest absolute Gasteiger partial charge is 0.339 e. The van der Waals surface area contributed by atoms with E-state index >= 15 is 0 Å². The van der Waals surface area contributed by atoms with Gasteiger partial charge in [-0.25, -0.2) is 0 Å². The third kappa shape index (κ3) is 4.32. The van der Waals surface area contributed by atoms with Crippen molar-refractivity contribution in [1.82, 2.24) is 25.3 Å². The van der Waals surface area contributed by atoms with Gasteiger partial charge in [-0.05, 0) is 81.4 Å². The van der Waals surface area contributed by atoms with Crippen LogP contribution in [0.3, 0.4) is 0 Å². The van der Waals surface area contributed by atoms with Gasteiger partial charge in [-0.15, -0.1) is 0 Å². The summed E-state index contributed by atoms with van der Waals surface area (Å²) in [5, 5.41) is 5.70. The Kier molecular flexibility index (Phi) is 6.29. The Morgan fingerprint density at radius 3 is 2.42 bits per heavy atom. The molecule has 0 aliphatic carbocycles. The lowest BCUT2D eigenvalue weighted by Gasteiger charge is -2.48. The molecule has 36 heavy (non-hydrogen) atoms. The fourth-order valence-electron chi connectivity index (χ4n) is 6.62. The molecule has 5 aliphatic heterocycles. The number of carbonyl (C=O) groups is 4. The fourth-order valence-corrected chi connectivity index (χ4v) is 6.62. The molecule has 0 bridgehead atoms. The van der Waals surface area contributed by atoms with Gasteiger partial charge in [0.15, 0.2) is 0 Å². The number of benzene rings is 1. The first kappa shape index (κ1) is 23.6. The van der Waals surface area contributed by atoms with Crippen molar-refractivity contribution in [3.8, 4) is 0 Å². The first-order valence-corrected chi connectivity index (χ1v) is 13.5. The van der Waals surface area contributed by atoms with Crippen LogP contribution in [0.15, 0.2) is 18.2 Å². The van der Waals surface area contributed by atoms with E-state index < -0.39 is 6.04 Å². The van der Waals surface area contributed by atoms with E-state index in [1.807, 2.05) is 17.0 Å². The van der Waals surface area contributed by atoms with E-state index in [0.717, 1.165) is 70.5 Å². The molecular formula is C27H35N5O4. The molecule has 9 nitrogen and oxygen atoms in total. The summed E-state index contributed by atoms with van der Waals surface area (Å²) in [5.74, 6) is 0.218. The topological polar surface area (TPSA) is 102 Å². The van der Waals surface area contributed by atoms with E-state index in [2.05, 4.69) is 21.6 Å². The highest BCUT2D eigenvalue weighted by molar-refractivity contribution is 6.05. The number of fused-ring (bicyclic) bond motifs is 1. The van der Waals surface area contributed by atoms with Crippen molar-refractivity contribution >= 4 is 23.6 Å². The SMILES string of the molecule is O=C1CCC(N2Cc3ccc(C4CCN(C5CN(C(=O)C6CCNCC6)C5)CC4)cc3C2=O)C(=O)N1. The van der Waals surface area contributed by atoms with Crippen molar-refractivity contribution in [3.05, 3.63) is 34.9 Å². The highest BCUT2D eigenvalue weighted by Gasteiger charge is 2.41. The van der Waals surface area contributed by atoms with Crippen LogP contribution < -0.4 is 10.6 Å². The molecule has 2 N–H and O–H groups in total. The molecule has 1 aromatic carbocycles. The zero-order valence-corrected chi connectivity index (χ0v) is 20.7. The summed E-state index contributed by atoms with van der Waals surface area (Å²) in [6.07, 6.45) is 4.66. The van der Waals surface area contributed by atoms with Crippen LogP contribution in [-0.4, -0.2) is 89.7 Å². The van der Waals surface area contributed by atoms with E-state index in [-0.39, 0.29) is 30.1 Å². The lowest BCUT2D eigenvalue weighted by molar-refractivity contribution is -0.144. The molecule has 1 aromatic rings. The van der Waals surface area contributed by atoms with Crippen molar-refractivity contribution in [3.63, 3.8) is 0 Å². The first-order valence-electron chi connectivity index (χ1n) is 13.5. The summed E-state index contributed by atoms with van der Waals surface area (Å²) >= 11 is 0. The number of nitrogens with zero attached hydrogens (tertiary/aromatic N) is 3. The van der Waals surface area contributed by atoms with Crippen LogP contribution in [0.1, 0.15) is 65.9 Å². The number of imide groups is 1. The molecule has 6 rings (SSSR count). The predicted octanol–water partition coefficient (Wildman–Crippen LogP) is 0.837. The van der Waals surface area contributed by atoms with Gasteiger partial charge in [0.05, 0.1) is 0 Å². The van der Waals surface area contributed by atoms with Gasteiger partial charge in [-0.3, -0.25) is 29.4 Å². The van der Waals surface area contributed by atoms with Crippen LogP contribution in [0.4, 0.5) is 0 Å². The van der Waals surface area contributed by atoms with Crippen molar-refractivity contribution in [2.75, 3.05) is 39.3 Å². The maximum atomic E-state index is 13.2. The minimum Gasteiger partial charge on any atom is -0.339 e. The molecule has 5 aliphatic rings. The molecule has 1 unspecified atom stereocenters. The zero-order chi connectivity index (χ0) is 24.8. The Labute approximate surface area is 211 Å². The summed E-state index contributed by atoms with van der Waals surface area (Å²) in [4.78, 5) is 55.9. The molecule has 4 saturated heterocycles. The van der Waals surface area contributed by atoms with Gasteiger partial charge in [0, 0.05) is 43.6 Å². The number of hydrogen-bond acceptors (Lipinski definition) is 6. The number of likely N-dealkylation sites (tertiary alicyclic amines) is 2. The number of piperidine rings is 3. The van der Waals surface area contributed by atoms with Crippen molar-refractivity contribution in [2.45, 2.75) is 63.1 Å². The Bertz CT molecular complexity index is 1070. The van der Waals surface area contributed by atoms with E-state index in [0.29, 0.717) is 36.4 Å². The molecule has 0 radical (unpaired) electrons. The highest BCUT2D eigenvalue weighted by atomic mass is 16.2. The number of amides is 4. The molecular weight excluding hydrogens is 458 g/mol. The van der Waals surface area contributed by atoms with Gasteiger partial charge in [0.1, 0.15) is 6.04 Å². The predicted molar refractivity (Wildman–Crippen MR) is 132 cm³/mol. The molecule has 1 atom stereocenters. The highest BCUT2D eigenvalue weighted by Crippen LogP contribution is 2.35. The summed E-state index contributed by atoms with van der Waals surface area (Å²) < 4.78 is 0. The minimum absolute atomic E-state index is 0.105. The van der Waals surface area contributed by atoms with Crippen LogP contribution in [-0.2, 0) is 20.9 Å². The number of nitrogens with one attached hydrogen (secondary N) is 2. The fraction of sp³-hybridized carbons (Fsp3) is 0.630. The Balaban J connectivity index is 1.02. The van der Waals surface area contributed by atoms with Gasteiger partial charge in [0.25, 0.3) is 5.91 Å². The molecule has 4 fully saturated rings. The van der Waals surface area contributed by atoms with E-state index in [1.165, 1.54) is 5.56 Å². The maximum absolute atomic E-state index is 13.2. The van der Waals surface area contributed by atoms with Gasteiger partial charge >= 0.3 is 0 Å². The molecule has 5 heterocycles. The summed E-state index contributed by atoms with van der Waals surface area (Å²) in [6.45, 7) is 6.06. The maximum Gasteiger partial charge on any atom is 0.255 e. The molecule has 0 saturated carbocycles. The second-order valence-corrected chi connectivity index (χ2v) is 11.0. The van der Waals surface area contributed by atoms with Crippen LogP contribution >= 0.6 is 0 Å². The Hall–Kier alpha value is -2.78. The van der Waals surface area contributed by atoms with Gasteiger partial charge in [0.2, 0.25) is 17.7 Å². The van der Waals surface area contributed by atoms with Gasteiger partial charge in [-0.2, -0.15) is 0 Å². The smallest absolute Gasteiger partial charge is 0.255 e. The Morgan fingerprint density at radius 2 is 1.69 bits per heavy atom. The number of hydrogen-bond donors (Lipinski definition) is 2. The van der Waals surface area contributed by atoms with E-state index in [1.54, 1.807) is 4.90 Å². The molecule has 0 aromatic heterocycles. The van der Waals surface area contributed by atoms with Crippen LogP contribution in [0, 0.1) is 5.92 Å². The number of carbonyl (C=O) groups excluding carboxylic acids is 4. The third-order valence-electron chi connectivity index (χ3n) is 8.93. The monoisotopic (exact) mass is 493 g/mol. The normalized spacial score (nSPS) is 26.7. The van der Waals surface area contributed by atoms with Crippen molar-refractivity contribution in [1.29, 1.82) is 0 Å². The lowest BCUT2D eigenvalue weighted by Crippen LogP contribution is -2.63. The van der Waals surface area contributed by atoms with Crippen LogP contribution in [0.25, 0.3) is 0 Å². The second kappa shape index (κ2) is 9.59. The van der Waals surface area contributed by atoms with E-state index in [4.69, 9.17) is 0 Å². The van der Waals surface area contributed by atoms with Crippen molar-refractivity contribution in [2.24, 2.45) is 5.92 Å². The molecule has 4 amide bonds. The van der Waals surface area contributed by atoms with Crippen molar-refractivity contribution < 1.29 is 19.2 Å². The van der Waals surface area contributed by atoms with Crippen LogP contribution in [0.2, 0.25) is 0 Å². The Morgan fingerprint density at radius 1 is 0.944 bits per heavy atom. The summed E-state index contributed by atoms with van der Waals surface area (Å²) in [6, 6.07) is 6.12. The second-order valence-electron chi connectivity index (χ2n) is 11.0. The van der Waals surface area contributed by atoms with E-state index in [9.17, 15) is 19.2 Å². The van der Waals surface area contributed by atoms with Crippen LogP contribution in [0.5, 0.6) is 0 Å². The van der Waals surface area contributed by atoms with Gasteiger partial charge in [-0.1, -0.05) is 12.1 Å². The molecule has 192 valence electrons. The minimum atomic E-state index is -0.571. The lowest BCUT2D eigenvalue weighted by atomic mass is 9.86. The standard InChI is InChI=1S/C27H35N5O4/c33-24-4-3-23(25(34)29-24)32-14-20-2-1-19(13-22(20)27(32)36)17-7-11-30(12-8-17)21-15-31(16-21)26(35)18-5-9-28-10-6-18/h1-2,13,17-18,21,23,28H,3-12,14-16H2,(H,29,33,34). The summed E-state index contributed by atoms with van der Waals surface area (Å²) in [7, 11) is 0. The molecule has 9 heteroatoms. The average molecular weight is 494 g/mol. The number of rotatable bonds is 4. The third-order valence-corrected chi connectivity index (χ3v) is 8.93. The molecule has 0 spiro atoms.